The number of para-hydroxylation sites is 1. The maximum atomic E-state index is 13.5. The molecule has 0 amide bonds. The molecule has 0 bridgehead atoms. The first-order chi connectivity index (χ1) is 14.5. The molecule has 0 saturated heterocycles. The van der Waals surface area contributed by atoms with Crippen LogP contribution in [-0.2, 0) is 15.4 Å². The summed E-state index contributed by atoms with van der Waals surface area (Å²) in [6, 6.07) is 19.6. The summed E-state index contributed by atoms with van der Waals surface area (Å²) in [4.78, 5) is 17.1. The Labute approximate surface area is 182 Å². The number of nitrogens with zero attached hydrogens (tertiary/aromatic N) is 1. The van der Waals surface area contributed by atoms with Crippen molar-refractivity contribution in [3.8, 4) is 5.75 Å². The molecule has 0 heterocycles. The highest BCUT2D eigenvalue weighted by Crippen LogP contribution is 2.29. The molecule has 0 saturated carbocycles. The van der Waals surface area contributed by atoms with Gasteiger partial charge < -0.3 is 9.94 Å². The zero-order chi connectivity index (χ0) is 22.8. The van der Waals surface area contributed by atoms with Gasteiger partial charge in [-0.25, -0.2) is 4.79 Å². The highest BCUT2D eigenvalue weighted by molar-refractivity contribution is 7.92. The molecule has 0 aliphatic heterocycles. The van der Waals surface area contributed by atoms with Crippen molar-refractivity contribution < 1.29 is 23.2 Å². The lowest BCUT2D eigenvalue weighted by molar-refractivity contribution is 0.0696. The Balaban J connectivity index is 2.06. The van der Waals surface area contributed by atoms with Gasteiger partial charge in [0.15, 0.2) is 5.75 Å². The number of aromatic carboxylic acids is 1. The summed E-state index contributed by atoms with van der Waals surface area (Å²) >= 11 is 0. The van der Waals surface area contributed by atoms with Gasteiger partial charge in [0.1, 0.15) is 0 Å². The zero-order valence-corrected chi connectivity index (χ0v) is 18.7. The molecular formula is C24H25NO5S. The van der Waals surface area contributed by atoms with Crippen LogP contribution in [0.15, 0.2) is 77.7 Å². The first-order valence-corrected chi connectivity index (χ1v) is 11.2. The minimum atomic E-state index is -4.22. The van der Waals surface area contributed by atoms with E-state index in [4.69, 9.17) is 4.84 Å². The van der Waals surface area contributed by atoms with E-state index in [9.17, 15) is 18.3 Å². The quantitative estimate of drug-likeness (QED) is 0.535. The van der Waals surface area contributed by atoms with Crippen LogP contribution < -0.4 is 9.31 Å². The van der Waals surface area contributed by atoms with Crippen molar-refractivity contribution in [3.63, 3.8) is 0 Å². The fraction of sp³-hybridized carbons (Fsp3) is 0.208. The van der Waals surface area contributed by atoms with Crippen LogP contribution in [-0.4, -0.2) is 19.5 Å². The van der Waals surface area contributed by atoms with Crippen LogP contribution >= 0.6 is 0 Å². The van der Waals surface area contributed by atoms with E-state index in [0.717, 1.165) is 16.1 Å². The summed E-state index contributed by atoms with van der Waals surface area (Å²) in [6.45, 7) is 7.87. The van der Waals surface area contributed by atoms with E-state index in [1.54, 1.807) is 49.4 Å². The summed E-state index contributed by atoms with van der Waals surface area (Å²) in [5.41, 5.74) is 1.71. The van der Waals surface area contributed by atoms with Crippen molar-refractivity contribution in [2.45, 2.75) is 38.0 Å². The lowest BCUT2D eigenvalue weighted by atomic mass is 9.87. The van der Waals surface area contributed by atoms with Crippen molar-refractivity contribution in [2.24, 2.45) is 0 Å². The number of hydrogen-bond acceptors (Lipinski definition) is 4. The standard InChI is InChI=1S/C24H25NO5S/c1-17-10-15-21(16-22(17)23(26)27)31(28,29)25(19-8-6-5-7-9-19)30-20-13-11-18(12-14-20)24(2,3)4/h5-16H,1-4H3,(H,26,27). The molecule has 3 rings (SSSR count). The number of carboxylic acids is 1. The smallest absolute Gasteiger partial charge is 0.335 e. The Kier molecular flexibility index (Phi) is 6.08. The second-order valence-electron chi connectivity index (χ2n) is 8.22. The monoisotopic (exact) mass is 439 g/mol. The van der Waals surface area contributed by atoms with E-state index in [-0.39, 0.29) is 15.9 Å². The van der Waals surface area contributed by atoms with E-state index in [1.165, 1.54) is 12.1 Å². The maximum absolute atomic E-state index is 13.5. The number of carboxylic acid groups (broad SMARTS) is 1. The van der Waals surface area contributed by atoms with Gasteiger partial charge in [0.05, 0.1) is 16.1 Å². The second kappa shape index (κ2) is 8.43. The number of anilines is 1. The minimum Gasteiger partial charge on any atom is -0.478 e. The largest absolute Gasteiger partial charge is 0.478 e. The normalized spacial score (nSPS) is 11.7. The Hall–Kier alpha value is -3.32. The van der Waals surface area contributed by atoms with Crippen LogP contribution in [0.25, 0.3) is 0 Å². The van der Waals surface area contributed by atoms with Gasteiger partial charge in [0.2, 0.25) is 0 Å². The molecule has 1 N–H and O–H groups in total. The van der Waals surface area contributed by atoms with Gasteiger partial charge in [-0.05, 0) is 59.9 Å². The Morgan fingerprint density at radius 2 is 1.55 bits per heavy atom. The van der Waals surface area contributed by atoms with Crippen molar-refractivity contribution in [1.82, 2.24) is 0 Å². The van der Waals surface area contributed by atoms with Crippen LogP contribution in [0.2, 0.25) is 0 Å². The van der Waals surface area contributed by atoms with Gasteiger partial charge in [-0.15, -0.1) is 0 Å². The van der Waals surface area contributed by atoms with E-state index in [2.05, 4.69) is 20.8 Å². The van der Waals surface area contributed by atoms with Gasteiger partial charge in [-0.3, -0.25) is 0 Å². The van der Waals surface area contributed by atoms with Crippen LogP contribution in [0.5, 0.6) is 5.75 Å². The molecule has 162 valence electrons. The predicted molar refractivity (Wildman–Crippen MR) is 120 cm³/mol. The number of aryl methyl sites for hydroxylation is 1. The number of benzene rings is 3. The average molecular weight is 440 g/mol. The van der Waals surface area contributed by atoms with Gasteiger partial charge in [0, 0.05) is 0 Å². The Bertz CT molecular complexity index is 1180. The molecule has 7 heteroatoms. The molecule has 0 atom stereocenters. The van der Waals surface area contributed by atoms with E-state index in [1.807, 2.05) is 12.1 Å². The van der Waals surface area contributed by atoms with Gasteiger partial charge in [-0.2, -0.15) is 8.42 Å². The summed E-state index contributed by atoms with van der Waals surface area (Å²) in [5, 5.41) is 9.40. The fourth-order valence-corrected chi connectivity index (χ4v) is 4.27. The number of rotatable bonds is 6. The van der Waals surface area contributed by atoms with Gasteiger partial charge >= 0.3 is 5.97 Å². The zero-order valence-electron chi connectivity index (χ0n) is 17.9. The molecule has 31 heavy (non-hydrogen) atoms. The third-order valence-corrected chi connectivity index (χ3v) is 6.40. The van der Waals surface area contributed by atoms with Crippen LogP contribution in [0.4, 0.5) is 5.69 Å². The molecule has 0 fully saturated rings. The molecule has 0 aromatic heterocycles. The third kappa shape index (κ3) is 4.88. The van der Waals surface area contributed by atoms with Gasteiger partial charge in [-0.1, -0.05) is 61.6 Å². The number of hydrogen-bond donors (Lipinski definition) is 1. The van der Waals surface area contributed by atoms with Crippen molar-refractivity contribution in [2.75, 3.05) is 4.47 Å². The van der Waals surface area contributed by atoms with Crippen LogP contribution in [0.3, 0.4) is 0 Å². The second-order valence-corrected chi connectivity index (χ2v) is 9.97. The summed E-state index contributed by atoms with van der Waals surface area (Å²) in [7, 11) is -4.22. The Morgan fingerprint density at radius 1 is 0.935 bits per heavy atom. The molecule has 0 radical (unpaired) electrons. The predicted octanol–water partition coefficient (Wildman–Crippen LogP) is 5.18. The van der Waals surface area contributed by atoms with Crippen LogP contribution in [0.1, 0.15) is 42.3 Å². The van der Waals surface area contributed by atoms with E-state index >= 15 is 0 Å². The van der Waals surface area contributed by atoms with Gasteiger partial charge in [0.25, 0.3) is 10.0 Å². The molecular weight excluding hydrogens is 414 g/mol. The molecule has 3 aromatic carbocycles. The number of carbonyl (C=O) groups is 1. The number of sulfonamides is 1. The highest BCUT2D eigenvalue weighted by Gasteiger charge is 2.29. The van der Waals surface area contributed by atoms with Crippen molar-refractivity contribution >= 4 is 21.7 Å². The molecule has 0 spiro atoms. The minimum absolute atomic E-state index is 0.0567. The first kappa shape index (κ1) is 22.4. The van der Waals surface area contributed by atoms with E-state index < -0.39 is 16.0 Å². The van der Waals surface area contributed by atoms with Crippen molar-refractivity contribution in [1.29, 1.82) is 0 Å². The molecule has 0 aliphatic rings. The Morgan fingerprint density at radius 3 is 2.10 bits per heavy atom. The maximum Gasteiger partial charge on any atom is 0.335 e. The summed E-state index contributed by atoms with van der Waals surface area (Å²) in [6.07, 6.45) is 0. The lowest BCUT2D eigenvalue weighted by Gasteiger charge is -2.25. The lowest BCUT2D eigenvalue weighted by Crippen LogP contribution is -2.34. The summed E-state index contributed by atoms with van der Waals surface area (Å²) in [5.74, 6) is -0.856. The summed E-state index contributed by atoms with van der Waals surface area (Å²) < 4.78 is 27.7. The molecule has 6 nitrogen and oxygen atoms in total. The van der Waals surface area contributed by atoms with Crippen molar-refractivity contribution in [3.05, 3.63) is 89.5 Å². The van der Waals surface area contributed by atoms with E-state index in [0.29, 0.717) is 17.0 Å². The topological polar surface area (TPSA) is 83.9 Å². The average Bonchev–Trinajstić information content (AvgIpc) is 2.72. The fourth-order valence-electron chi connectivity index (χ4n) is 2.99. The first-order valence-electron chi connectivity index (χ1n) is 9.73. The highest BCUT2D eigenvalue weighted by atomic mass is 32.2. The molecule has 0 unspecified atom stereocenters. The molecule has 3 aromatic rings. The van der Waals surface area contributed by atoms with Crippen LogP contribution in [0, 0.1) is 6.92 Å². The third-order valence-electron chi connectivity index (χ3n) is 4.83. The molecule has 0 aliphatic carbocycles. The SMILES string of the molecule is Cc1ccc(S(=O)(=O)N(Oc2ccc(C(C)(C)C)cc2)c2ccccc2)cc1C(=O)O.